The van der Waals surface area contributed by atoms with Crippen LogP contribution >= 0.6 is 0 Å². The van der Waals surface area contributed by atoms with Crippen LogP contribution in [0.25, 0.3) is 0 Å². The molecule has 0 radical (unpaired) electrons. The number of carbonyl (C=O) groups is 1. The maximum absolute atomic E-state index is 13.0. The fourth-order valence-corrected chi connectivity index (χ4v) is 4.31. The summed E-state index contributed by atoms with van der Waals surface area (Å²) in [6, 6.07) is 9.29. The highest BCUT2D eigenvalue weighted by Gasteiger charge is 2.51. The van der Waals surface area contributed by atoms with Crippen molar-refractivity contribution in [1.82, 2.24) is 4.90 Å². The van der Waals surface area contributed by atoms with Gasteiger partial charge >= 0.3 is 6.09 Å². The average molecular weight is 424 g/mol. The Bertz CT molecular complexity index is 672. The van der Waals surface area contributed by atoms with Crippen LogP contribution in [0.2, 0.25) is 18.1 Å². The van der Waals surface area contributed by atoms with Crippen molar-refractivity contribution in [2.75, 3.05) is 13.2 Å². The molecule has 7 heteroatoms. The zero-order valence-electron chi connectivity index (χ0n) is 18.9. The lowest BCUT2D eigenvalue weighted by Crippen LogP contribution is -2.52. The van der Waals surface area contributed by atoms with Gasteiger partial charge in [0, 0.05) is 6.61 Å². The Labute approximate surface area is 176 Å². The lowest BCUT2D eigenvalue weighted by atomic mass is 10.1. The molecule has 6 nitrogen and oxygen atoms in total. The van der Waals surface area contributed by atoms with Gasteiger partial charge in [0.2, 0.25) is 0 Å². The lowest BCUT2D eigenvalue weighted by molar-refractivity contribution is -0.0742. The first-order valence-electron chi connectivity index (χ1n) is 10.3. The van der Waals surface area contributed by atoms with Crippen molar-refractivity contribution >= 4 is 14.4 Å². The van der Waals surface area contributed by atoms with Crippen LogP contribution in [-0.4, -0.2) is 55.5 Å². The van der Waals surface area contributed by atoms with Crippen LogP contribution in [0.4, 0.5) is 4.79 Å². The summed E-state index contributed by atoms with van der Waals surface area (Å²) in [7, 11) is -2.00. The normalized spacial score (nSPS) is 22.0. The van der Waals surface area contributed by atoms with E-state index in [-0.39, 0.29) is 30.4 Å². The van der Waals surface area contributed by atoms with Crippen LogP contribution < -0.4 is 0 Å². The Morgan fingerprint density at radius 3 is 2.41 bits per heavy atom. The fourth-order valence-electron chi connectivity index (χ4n) is 3.29. The van der Waals surface area contributed by atoms with E-state index in [2.05, 4.69) is 33.9 Å². The van der Waals surface area contributed by atoms with Crippen molar-refractivity contribution in [2.24, 2.45) is 0 Å². The highest BCUT2D eigenvalue weighted by molar-refractivity contribution is 6.74. The second-order valence-electron chi connectivity index (χ2n) is 9.66. The van der Waals surface area contributed by atoms with E-state index in [1.807, 2.05) is 44.2 Å². The largest absolute Gasteiger partial charge is 0.444 e. The third kappa shape index (κ3) is 5.81. The van der Waals surface area contributed by atoms with E-state index >= 15 is 0 Å². The minimum atomic E-state index is -2.00. The third-order valence-electron chi connectivity index (χ3n) is 6.02. The van der Waals surface area contributed by atoms with Crippen LogP contribution in [0.15, 0.2) is 30.3 Å². The van der Waals surface area contributed by atoms with E-state index in [1.54, 1.807) is 4.90 Å². The first-order chi connectivity index (χ1) is 13.4. The molecule has 1 aliphatic heterocycles. The smallest absolute Gasteiger partial charge is 0.412 e. The Kier molecular flexibility index (Phi) is 7.54. The summed E-state index contributed by atoms with van der Waals surface area (Å²) >= 11 is 0. The molecule has 2 atom stereocenters. The van der Waals surface area contributed by atoms with E-state index in [9.17, 15) is 9.90 Å². The first-order valence-corrected chi connectivity index (χ1v) is 13.2. The number of benzene rings is 1. The number of aliphatic hydroxyl groups excluding tert-OH is 1. The molecule has 164 valence electrons. The van der Waals surface area contributed by atoms with Crippen molar-refractivity contribution in [3.05, 3.63) is 35.9 Å². The molecule has 0 unspecified atom stereocenters. The highest BCUT2D eigenvalue weighted by atomic mass is 28.4. The average Bonchev–Trinajstić information content (AvgIpc) is 2.88. The molecule has 2 rings (SSSR count). The number of ether oxygens (including phenoxy) is 2. The van der Waals surface area contributed by atoms with Crippen LogP contribution in [0.1, 0.15) is 46.6 Å². The van der Waals surface area contributed by atoms with E-state index in [0.717, 1.165) is 5.56 Å². The molecule has 1 fully saturated rings. The summed E-state index contributed by atoms with van der Waals surface area (Å²) in [5.41, 5.74) is 0.0921. The van der Waals surface area contributed by atoms with Gasteiger partial charge in [0.05, 0.1) is 18.8 Å². The molecule has 0 bridgehead atoms. The second kappa shape index (κ2) is 9.16. The Morgan fingerprint density at radius 1 is 1.24 bits per heavy atom. The van der Waals surface area contributed by atoms with Crippen LogP contribution in [0.5, 0.6) is 0 Å². The minimum absolute atomic E-state index is 0.00968. The molecule has 1 aromatic carbocycles. The quantitative estimate of drug-likeness (QED) is 0.653. The SMILES string of the molecule is CC1(C)O[C@@H](CCO)[C@H](CO[Si](C)(C)C(C)(C)C)N1C(=O)OCc1ccccc1. The van der Waals surface area contributed by atoms with Gasteiger partial charge in [0.15, 0.2) is 8.32 Å². The molecule has 0 aliphatic carbocycles. The Balaban J connectivity index is 2.17. The highest BCUT2D eigenvalue weighted by Crippen LogP contribution is 2.39. The van der Waals surface area contributed by atoms with Crippen LogP contribution in [0.3, 0.4) is 0 Å². The maximum atomic E-state index is 13.0. The Morgan fingerprint density at radius 2 is 1.86 bits per heavy atom. The van der Waals surface area contributed by atoms with E-state index < -0.39 is 20.1 Å². The molecule has 0 saturated carbocycles. The fraction of sp³-hybridized carbons (Fsp3) is 0.682. The molecule has 1 heterocycles. The van der Waals surface area contributed by atoms with Gasteiger partial charge in [-0.3, -0.25) is 4.90 Å². The molecule has 29 heavy (non-hydrogen) atoms. The standard InChI is InChI=1S/C22H37NO5Si/c1-21(2,3)29(6,7)27-16-18-19(13-14-24)28-22(4,5)23(18)20(25)26-15-17-11-9-8-10-12-17/h8-12,18-19,24H,13-16H2,1-7H3/t18-,19-/m0/s1. The number of amides is 1. The number of carbonyl (C=O) groups excluding carboxylic acids is 1. The van der Waals surface area contributed by atoms with Gasteiger partial charge in [0.25, 0.3) is 0 Å². The number of hydrogen-bond donors (Lipinski definition) is 1. The zero-order chi connectivity index (χ0) is 21.9. The van der Waals surface area contributed by atoms with Crippen LogP contribution in [0, 0.1) is 0 Å². The molecule has 0 spiro atoms. The molecule has 1 amide bonds. The minimum Gasteiger partial charge on any atom is -0.444 e. The van der Waals surface area contributed by atoms with Crippen molar-refractivity contribution in [1.29, 1.82) is 0 Å². The van der Waals surface area contributed by atoms with Gasteiger partial charge in [-0.2, -0.15) is 0 Å². The molecule has 0 aromatic heterocycles. The topological polar surface area (TPSA) is 68.2 Å². The van der Waals surface area contributed by atoms with E-state index in [0.29, 0.717) is 13.0 Å². The monoisotopic (exact) mass is 423 g/mol. The van der Waals surface area contributed by atoms with E-state index in [1.165, 1.54) is 0 Å². The number of hydrogen-bond acceptors (Lipinski definition) is 5. The summed E-state index contributed by atoms with van der Waals surface area (Å²) < 4.78 is 18.2. The zero-order valence-corrected chi connectivity index (χ0v) is 19.9. The number of nitrogens with zero attached hydrogens (tertiary/aromatic N) is 1. The molecular weight excluding hydrogens is 386 g/mol. The predicted molar refractivity (Wildman–Crippen MR) is 116 cm³/mol. The van der Waals surface area contributed by atoms with Gasteiger partial charge in [-0.25, -0.2) is 4.79 Å². The Hall–Kier alpha value is -1.41. The van der Waals surface area contributed by atoms with Gasteiger partial charge in [-0.15, -0.1) is 0 Å². The van der Waals surface area contributed by atoms with E-state index in [4.69, 9.17) is 13.9 Å². The number of aliphatic hydroxyl groups is 1. The molecular formula is C22H37NO5Si. The summed E-state index contributed by atoms with van der Waals surface area (Å²) in [6.07, 6.45) is -0.288. The van der Waals surface area contributed by atoms with Crippen molar-refractivity contribution in [3.63, 3.8) is 0 Å². The molecule has 1 N–H and O–H groups in total. The molecule has 1 aliphatic rings. The predicted octanol–water partition coefficient (Wildman–Crippen LogP) is 4.53. The van der Waals surface area contributed by atoms with Gasteiger partial charge in [0.1, 0.15) is 12.3 Å². The first kappa shape index (κ1) is 23.9. The summed E-state index contributed by atoms with van der Waals surface area (Å²) in [5.74, 6) is 0. The van der Waals surface area contributed by atoms with Gasteiger partial charge in [-0.05, 0) is 44.0 Å². The summed E-state index contributed by atoms with van der Waals surface area (Å²) in [4.78, 5) is 14.7. The van der Waals surface area contributed by atoms with Crippen molar-refractivity contribution in [3.8, 4) is 0 Å². The summed E-state index contributed by atoms with van der Waals surface area (Å²) in [6.45, 7) is 15.2. The molecule has 1 aromatic rings. The lowest BCUT2D eigenvalue weighted by Gasteiger charge is -2.39. The maximum Gasteiger partial charge on any atom is 0.412 e. The van der Waals surface area contributed by atoms with Crippen molar-refractivity contribution in [2.45, 2.75) is 83.6 Å². The van der Waals surface area contributed by atoms with Gasteiger partial charge in [-0.1, -0.05) is 51.1 Å². The van der Waals surface area contributed by atoms with Gasteiger partial charge < -0.3 is 19.0 Å². The summed E-state index contributed by atoms with van der Waals surface area (Å²) in [5, 5.41) is 9.56. The van der Waals surface area contributed by atoms with Crippen LogP contribution in [-0.2, 0) is 20.5 Å². The second-order valence-corrected chi connectivity index (χ2v) is 14.5. The third-order valence-corrected chi connectivity index (χ3v) is 10.5. The molecule has 1 saturated heterocycles. The van der Waals surface area contributed by atoms with Crippen molar-refractivity contribution < 1.29 is 23.8 Å². The number of rotatable bonds is 7.